The summed E-state index contributed by atoms with van der Waals surface area (Å²) in [6, 6.07) is 0. The molecule has 0 saturated carbocycles. The fourth-order valence-electron chi connectivity index (χ4n) is 0.866. The van der Waals surface area contributed by atoms with Crippen LogP contribution in [0.3, 0.4) is 0 Å². The first-order valence-corrected chi connectivity index (χ1v) is 9.51. The Kier molecular flexibility index (Phi) is 9.48. The molecule has 2 heteroatoms. The Labute approximate surface area is 88.2 Å². The Morgan fingerprint density at radius 3 is 1.40 bits per heavy atom. The van der Waals surface area contributed by atoms with Crippen molar-refractivity contribution < 1.29 is 0 Å². The van der Waals surface area contributed by atoms with Crippen molar-refractivity contribution in [3.05, 3.63) is 11.6 Å². The molecular weight excluding hydrogens is 350 g/mol. The highest BCUT2D eigenvalue weighted by Crippen LogP contribution is 2.16. The average Bonchev–Trinajstić information content (AvgIpc) is 1.64. The van der Waals surface area contributed by atoms with Crippen molar-refractivity contribution in [1.82, 2.24) is 0 Å². The molecular formula is C8H16I2. The smallest absolute Gasteiger partial charge is 0 e. The Hall–Kier alpha value is 1.20. The van der Waals surface area contributed by atoms with Crippen LogP contribution < -0.4 is 0 Å². The summed E-state index contributed by atoms with van der Waals surface area (Å²) < 4.78 is 0. The summed E-state index contributed by atoms with van der Waals surface area (Å²) in [7, 11) is 0. The number of hydrogen-bond acceptors (Lipinski definition) is 0. The van der Waals surface area contributed by atoms with E-state index in [9.17, 15) is 0 Å². The van der Waals surface area contributed by atoms with Gasteiger partial charge in [0.15, 0.2) is 0 Å². The molecule has 0 heterocycles. The molecule has 0 aromatic heterocycles. The molecule has 0 fully saturated rings. The monoisotopic (exact) mass is 366 g/mol. The summed E-state index contributed by atoms with van der Waals surface area (Å²) in [6.07, 6.45) is 2.27. The molecule has 0 unspecified atom stereocenters. The number of allylic oxidation sites excluding steroid dienone is 2. The zero-order chi connectivity index (χ0) is 8.78. The summed E-state index contributed by atoms with van der Waals surface area (Å²) in [4.78, 5) is 0. The van der Waals surface area contributed by atoms with Crippen molar-refractivity contribution in [2.75, 3.05) is 0 Å². The molecule has 0 amide bonds. The molecule has 0 aromatic rings. The second-order valence-corrected chi connectivity index (χ2v) is 3.59. The fraction of sp³-hybridized carbons (Fsp3) is 0.750. The van der Waals surface area contributed by atoms with Gasteiger partial charge in [-0.1, -0.05) is 32.4 Å². The highest BCUT2D eigenvalue weighted by molar-refractivity contribution is 15.0. The van der Waals surface area contributed by atoms with E-state index in [1.54, 1.807) is 0 Å². The van der Waals surface area contributed by atoms with Crippen LogP contribution in [0.1, 0.15) is 34.6 Å². The summed E-state index contributed by atoms with van der Waals surface area (Å²) in [5.41, 5.74) is 1.76. The SMILES string of the molecule is CC(C)=CC(C)(C)C.II. The van der Waals surface area contributed by atoms with Crippen LogP contribution in [0.25, 0.3) is 0 Å². The van der Waals surface area contributed by atoms with E-state index in [0.29, 0.717) is 5.41 Å². The van der Waals surface area contributed by atoms with Crippen molar-refractivity contribution in [3.8, 4) is 0 Å². The first-order valence-electron chi connectivity index (χ1n) is 3.22. The minimum atomic E-state index is 0.360. The highest BCUT2D eigenvalue weighted by Gasteiger charge is 2.03. The molecule has 0 aliphatic heterocycles. The second-order valence-electron chi connectivity index (χ2n) is 3.59. The third-order valence-electron chi connectivity index (χ3n) is 0.722. The van der Waals surface area contributed by atoms with Crippen LogP contribution in [0.2, 0.25) is 0 Å². The lowest BCUT2D eigenvalue weighted by atomic mass is 9.94. The van der Waals surface area contributed by atoms with E-state index in [2.05, 4.69) is 77.9 Å². The van der Waals surface area contributed by atoms with Crippen LogP contribution >= 0.6 is 37.2 Å². The largest absolute Gasteiger partial charge is 0.0805 e. The van der Waals surface area contributed by atoms with Gasteiger partial charge >= 0.3 is 0 Å². The van der Waals surface area contributed by atoms with Gasteiger partial charge in [-0.25, -0.2) is 0 Å². The van der Waals surface area contributed by atoms with Crippen LogP contribution in [0, 0.1) is 5.41 Å². The van der Waals surface area contributed by atoms with Crippen molar-refractivity contribution in [2.45, 2.75) is 34.6 Å². The third kappa shape index (κ3) is 16.1. The second kappa shape index (κ2) is 6.88. The van der Waals surface area contributed by atoms with Gasteiger partial charge in [0, 0.05) is 37.2 Å². The normalized spacial score (nSPS) is 9.50. The molecule has 62 valence electrons. The Bertz CT molecular complexity index is 94.3. The lowest BCUT2D eigenvalue weighted by molar-refractivity contribution is 0.540. The molecule has 0 N–H and O–H groups in total. The highest BCUT2D eigenvalue weighted by atomic mass is 128. The van der Waals surface area contributed by atoms with Gasteiger partial charge in [-0.2, -0.15) is 0 Å². The van der Waals surface area contributed by atoms with E-state index < -0.39 is 0 Å². The van der Waals surface area contributed by atoms with Crippen molar-refractivity contribution >= 4 is 37.2 Å². The standard InChI is InChI=1S/C8H16.I2/c1-7(2)6-8(3,4)5;1-2/h6H,1-5H3;. The molecule has 0 saturated heterocycles. The molecule has 0 radical (unpaired) electrons. The van der Waals surface area contributed by atoms with Gasteiger partial charge in [-0.05, 0) is 19.3 Å². The predicted molar refractivity (Wildman–Crippen MR) is 66.9 cm³/mol. The molecule has 0 aliphatic rings. The van der Waals surface area contributed by atoms with Crippen LogP contribution in [0.15, 0.2) is 11.6 Å². The zero-order valence-corrected chi connectivity index (χ0v) is 11.6. The summed E-state index contributed by atoms with van der Waals surface area (Å²) in [5, 5.41) is 0. The molecule has 0 spiro atoms. The Morgan fingerprint density at radius 2 is 1.40 bits per heavy atom. The van der Waals surface area contributed by atoms with Gasteiger partial charge in [-0.3, -0.25) is 0 Å². The maximum absolute atomic E-state index is 2.27. The lowest BCUT2D eigenvalue weighted by Crippen LogP contribution is -1.99. The van der Waals surface area contributed by atoms with E-state index in [4.69, 9.17) is 0 Å². The van der Waals surface area contributed by atoms with Crippen molar-refractivity contribution in [3.63, 3.8) is 0 Å². The summed E-state index contributed by atoms with van der Waals surface area (Å²) in [6.45, 7) is 10.9. The van der Waals surface area contributed by atoms with Crippen molar-refractivity contribution in [1.29, 1.82) is 0 Å². The van der Waals surface area contributed by atoms with Gasteiger partial charge in [-0.15, -0.1) is 0 Å². The van der Waals surface area contributed by atoms with E-state index in [1.165, 1.54) is 5.57 Å². The average molecular weight is 366 g/mol. The molecule has 0 aromatic carbocycles. The predicted octanol–water partition coefficient (Wildman–Crippen LogP) is 4.77. The van der Waals surface area contributed by atoms with Gasteiger partial charge in [0.2, 0.25) is 0 Å². The Morgan fingerprint density at radius 1 is 1.10 bits per heavy atom. The maximum atomic E-state index is 2.27. The first kappa shape index (κ1) is 13.8. The Balaban J connectivity index is 0. The quantitative estimate of drug-likeness (QED) is 0.428. The summed E-state index contributed by atoms with van der Waals surface area (Å²) >= 11 is 4.24. The van der Waals surface area contributed by atoms with E-state index in [-0.39, 0.29) is 0 Å². The van der Waals surface area contributed by atoms with Crippen LogP contribution in [-0.2, 0) is 0 Å². The van der Waals surface area contributed by atoms with E-state index in [1.807, 2.05) is 0 Å². The molecule has 0 rings (SSSR count). The lowest BCUT2D eigenvalue weighted by Gasteiger charge is -2.11. The zero-order valence-electron chi connectivity index (χ0n) is 7.33. The molecule has 0 aliphatic carbocycles. The number of hydrogen-bond donors (Lipinski definition) is 0. The number of rotatable bonds is 0. The molecule has 10 heavy (non-hydrogen) atoms. The maximum Gasteiger partial charge on any atom is 0 e. The summed E-state index contributed by atoms with van der Waals surface area (Å²) in [5.74, 6) is 0. The van der Waals surface area contributed by atoms with Crippen LogP contribution in [0.4, 0.5) is 0 Å². The minimum Gasteiger partial charge on any atom is -0.0805 e. The third-order valence-corrected chi connectivity index (χ3v) is 0.722. The van der Waals surface area contributed by atoms with Crippen LogP contribution in [0.5, 0.6) is 0 Å². The van der Waals surface area contributed by atoms with E-state index >= 15 is 0 Å². The number of halogens is 2. The van der Waals surface area contributed by atoms with Gasteiger partial charge in [0.1, 0.15) is 0 Å². The minimum absolute atomic E-state index is 0.360. The fourth-order valence-corrected chi connectivity index (χ4v) is 0.866. The molecule has 0 atom stereocenters. The van der Waals surface area contributed by atoms with Crippen molar-refractivity contribution in [2.24, 2.45) is 5.41 Å². The van der Waals surface area contributed by atoms with Gasteiger partial charge in [0.05, 0.1) is 0 Å². The van der Waals surface area contributed by atoms with Gasteiger partial charge in [0.25, 0.3) is 0 Å². The topological polar surface area (TPSA) is 0 Å². The first-order chi connectivity index (χ1) is 4.42. The molecule has 0 bridgehead atoms. The molecule has 0 nitrogen and oxygen atoms in total. The van der Waals surface area contributed by atoms with Crippen LogP contribution in [-0.4, -0.2) is 0 Å². The van der Waals surface area contributed by atoms with Gasteiger partial charge < -0.3 is 0 Å². The van der Waals surface area contributed by atoms with E-state index in [0.717, 1.165) is 0 Å².